The third-order valence-corrected chi connectivity index (χ3v) is 3.34. The van der Waals surface area contributed by atoms with Crippen molar-refractivity contribution >= 4 is 6.03 Å². The van der Waals surface area contributed by atoms with Gasteiger partial charge in [0.2, 0.25) is 0 Å². The van der Waals surface area contributed by atoms with Crippen molar-refractivity contribution in [1.29, 1.82) is 0 Å². The van der Waals surface area contributed by atoms with Gasteiger partial charge in [0.15, 0.2) is 0 Å². The number of carbonyl (C=O) groups excluding carboxylic acids is 1. The lowest BCUT2D eigenvalue weighted by Gasteiger charge is -2.35. The molecule has 1 heterocycles. The molecule has 4 heteroatoms. The molecule has 15 heavy (non-hydrogen) atoms. The van der Waals surface area contributed by atoms with Gasteiger partial charge in [0.05, 0.1) is 12.6 Å². The van der Waals surface area contributed by atoms with Crippen molar-refractivity contribution in [2.45, 2.75) is 45.2 Å². The first-order valence-corrected chi connectivity index (χ1v) is 5.59. The van der Waals surface area contributed by atoms with E-state index < -0.39 is 0 Å². The van der Waals surface area contributed by atoms with Crippen LogP contribution < -0.4 is 5.32 Å². The SMILES string of the molecule is CCC(C)(C)N(C)C(=O)NC1CCOC1. The molecule has 1 rings (SSSR count). The Morgan fingerprint density at radius 2 is 2.27 bits per heavy atom. The van der Waals surface area contributed by atoms with Crippen LogP contribution >= 0.6 is 0 Å². The first-order chi connectivity index (χ1) is 6.97. The number of hydrogen-bond acceptors (Lipinski definition) is 2. The van der Waals surface area contributed by atoms with Crippen LogP contribution in [-0.2, 0) is 4.74 Å². The van der Waals surface area contributed by atoms with Crippen LogP contribution in [0.15, 0.2) is 0 Å². The molecule has 0 aromatic rings. The summed E-state index contributed by atoms with van der Waals surface area (Å²) in [6, 6.07) is 0.185. The van der Waals surface area contributed by atoms with Gasteiger partial charge in [-0.2, -0.15) is 0 Å². The van der Waals surface area contributed by atoms with E-state index >= 15 is 0 Å². The van der Waals surface area contributed by atoms with Crippen molar-refractivity contribution in [3.8, 4) is 0 Å². The van der Waals surface area contributed by atoms with Gasteiger partial charge in [0.25, 0.3) is 0 Å². The van der Waals surface area contributed by atoms with E-state index in [0.29, 0.717) is 6.61 Å². The molecule has 1 aliphatic heterocycles. The Labute approximate surface area is 92.0 Å². The highest BCUT2D eigenvalue weighted by Crippen LogP contribution is 2.16. The van der Waals surface area contributed by atoms with Crippen LogP contribution in [0.1, 0.15) is 33.6 Å². The Kier molecular flexibility index (Phi) is 3.97. The molecule has 0 aromatic carbocycles. The molecule has 0 radical (unpaired) electrons. The number of hydrogen-bond donors (Lipinski definition) is 1. The summed E-state index contributed by atoms with van der Waals surface area (Å²) in [4.78, 5) is 13.6. The Hall–Kier alpha value is -0.770. The fourth-order valence-electron chi connectivity index (χ4n) is 1.43. The third kappa shape index (κ3) is 3.09. The molecule has 0 aromatic heterocycles. The number of carbonyl (C=O) groups is 1. The molecule has 1 fully saturated rings. The molecule has 1 unspecified atom stereocenters. The number of amides is 2. The van der Waals surface area contributed by atoms with Crippen LogP contribution in [0.2, 0.25) is 0 Å². The molecule has 88 valence electrons. The predicted molar refractivity (Wildman–Crippen MR) is 59.9 cm³/mol. The zero-order chi connectivity index (χ0) is 11.5. The molecule has 0 bridgehead atoms. The van der Waals surface area contributed by atoms with E-state index in [1.165, 1.54) is 0 Å². The lowest BCUT2D eigenvalue weighted by Crippen LogP contribution is -2.51. The molecule has 1 N–H and O–H groups in total. The molecule has 0 saturated carbocycles. The molecule has 2 amide bonds. The standard InChI is InChI=1S/C11H22N2O2/c1-5-11(2,3)13(4)10(14)12-9-6-7-15-8-9/h9H,5-8H2,1-4H3,(H,12,14). The van der Waals surface area contributed by atoms with Crippen molar-refractivity contribution in [2.75, 3.05) is 20.3 Å². The van der Waals surface area contributed by atoms with Crippen LogP contribution in [0.4, 0.5) is 4.79 Å². The largest absolute Gasteiger partial charge is 0.379 e. The van der Waals surface area contributed by atoms with E-state index in [1.807, 2.05) is 7.05 Å². The quantitative estimate of drug-likeness (QED) is 0.775. The lowest BCUT2D eigenvalue weighted by molar-refractivity contribution is 0.146. The number of nitrogens with one attached hydrogen (secondary N) is 1. The fraction of sp³-hybridized carbons (Fsp3) is 0.909. The summed E-state index contributed by atoms with van der Waals surface area (Å²) in [5.41, 5.74) is -0.0937. The molecule has 1 saturated heterocycles. The summed E-state index contributed by atoms with van der Waals surface area (Å²) < 4.78 is 5.22. The number of urea groups is 1. The fourth-order valence-corrected chi connectivity index (χ4v) is 1.43. The van der Waals surface area contributed by atoms with Gasteiger partial charge >= 0.3 is 6.03 Å². The monoisotopic (exact) mass is 214 g/mol. The van der Waals surface area contributed by atoms with Gasteiger partial charge in [-0.05, 0) is 26.7 Å². The van der Waals surface area contributed by atoms with Crippen LogP contribution in [0.25, 0.3) is 0 Å². The number of rotatable bonds is 3. The molecule has 0 spiro atoms. The van der Waals surface area contributed by atoms with Crippen molar-refractivity contribution < 1.29 is 9.53 Å². The molecule has 0 aliphatic carbocycles. The van der Waals surface area contributed by atoms with Crippen molar-refractivity contribution in [1.82, 2.24) is 10.2 Å². The summed E-state index contributed by atoms with van der Waals surface area (Å²) in [6.45, 7) is 7.62. The van der Waals surface area contributed by atoms with Gasteiger partial charge in [-0.3, -0.25) is 0 Å². The Morgan fingerprint density at radius 3 is 2.73 bits per heavy atom. The predicted octanol–water partition coefficient (Wildman–Crippen LogP) is 1.61. The molecular weight excluding hydrogens is 192 g/mol. The molecule has 1 atom stereocenters. The van der Waals surface area contributed by atoms with Gasteiger partial charge in [-0.15, -0.1) is 0 Å². The summed E-state index contributed by atoms with van der Waals surface area (Å²) in [5.74, 6) is 0. The van der Waals surface area contributed by atoms with E-state index in [1.54, 1.807) is 4.90 Å². The highest BCUT2D eigenvalue weighted by atomic mass is 16.5. The molecular formula is C11H22N2O2. The van der Waals surface area contributed by atoms with Crippen molar-refractivity contribution in [2.24, 2.45) is 0 Å². The van der Waals surface area contributed by atoms with Gasteiger partial charge < -0.3 is 15.0 Å². The Morgan fingerprint density at radius 1 is 1.60 bits per heavy atom. The Balaban J connectivity index is 2.45. The maximum absolute atomic E-state index is 11.9. The zero-order valence-electron chi connectivity index (χ0n) is 10.2. The second-order valence-corrected chi connectivity index (χ2v) is 4.74. The van der Waals surface area contributed by atoms with Gasteiger partial charge in [-0.1, -0.05) is 6.92 Å². The highest BCUT2D eigenvalue weighted by Gasteiger charge is 2.27. The maximum atomic E-state index is 11.9. The first-order valence-electron chi connectivity index (χ1n) is 5.59. The first kappa shape index (κ1) is 12.3. The average Bonchev–Trinajstić information content (AvgIpc) is 2.69. The maximum Gasteiger partial charge on any atom is 0.317 e. The Bertz CT molecular complexity index is 223. The normalized spacial score (nSPS) is 21.5. The van der Waals surface area contributed by atoms with E-state index in [4.69, 9.17) is 4.74 Å². The number of ether oxygens (including phenoxy) is 1. The summed E-state index contributed by atoms with van der Waals surface area (Å²) >= 11 is 0. The highest BCUT2D eigenvalue weighted by molar-refractivity contribution is 5.75. The lowest BCUT2D eigenvalue weighted by atomic mass is 10.0. The minimum Gasteiger partial charge on any atom is -0.379 e. The van der Waals surface area contributed by atoms with E-state index in [9.17, 15) is 4.79 Å². The smallest absolute Gasteiger partial charge is 0.317 e. The summed E-state index contributed by atoms with van der Waals surface area (Å²) in [6.07, 6.45) is 1.87. The van der Waals surface area contributed by atoms with Crippen molar-refractivity contribution in [3.63, 3.8) is 0 Å². The number of nitrogens with zero attached hydrogens (tertiary/aromatic N) is 1. The second-order valence-electron chi connectivity index (χ2n) is 4.74. The molecule has 1 aliphatic rings. The molecule has 4 nitrogen and oxygen atoms in total. The van der Waals surface area contributed by atoms with Gasteiger partial charge in [0, 0.05) is 19.2 Å². The minimum atomic E-state index is -0.0937. The van der Waals surface area contributed by atoms with E-state index in [-0.39, 0.29) is 17.6 Å². The summed E-state index contributed by atoms with van der Waals surface area (Å²) in [7, 11) is 1.84. The van der Waals surface area contributed by atoms with E-state index in [2.05, 4.69) is 26.1 Å². The van der Waals surface area contributed by atoms with Gasteiger partial charge in [-0.25, -0.2) is 4.79 Å². The second kappa shape index (κ2) is 4.84. The summed E-state index contributed by atoms with van der Waals surface area (Å²) in [5, 5.41) is 2.98. The third-order valence-electron chi connectivity index (χ3n) is 3.34. The van der Waals surface area contributed by atoms with Crippen LogP contribution in [0, 0.1) is 0 Å². The van der Waals surface area contributed by atoms with Gasteiger partial charge in [0.1, 0.15) is 0 Å². The van der Waals surface area contributed by atoms with Crippen LogP contribution in [-0.4, -0.2) is 42.8 Å². The van der Waals surface area contributed by atoms with Crippen LogP contribution in [0.3, 0.4) is 0 Å². The van der Waals surface area contributed by atoms with E-state index in [0.717, 1.165) is 19.4 Å². The van der Waals surface area contributed by atoms with Crippen molar-refractivity contribution in [3.05, 3.63) is 0 Å². The topological polar surface area (TPSA) is 41.6 Å². The average molecular weight is 214 g/mol. The zero-order valence-corrected chi connectivity index (χ0v) is 10.2. The minimum absolute atomic E-state index is 0.00245. The van der Waals surface area contributed by atoms with Crippen LogP contribution in [0.5, 0.6) is 0 Å².